The maximum Gasteiger partial charge on any atom is 0.289 e. The quantitative estimate of drug-likeness (QED) is 0.774. The van der Waals surface area contributed by atoms with Gasteiger partial charge in [-0.3, -0.25) is 9.69 Å². The van der Waals surface area contributed by atoms with Crippen molar-refractivity contribution in [3.05, 3.63) is 42.4 Å². The number of carbonyl (C=O) groups is 1. The average molecular weight is 399 g/mol. The van der Waals surface area contributed by atoms with E-state index in [2.05, 4.69) is 23.7 Å². The van der Waals surface area contributed by atoms with Gasteiger partial charge in [0.1, 0.15) is 5.76 Å². The van der Waals surface area contributed by atoms with E-state index >= 15 is 0 Å². The molecule has 7 heteroatoms. The van der Waals surface area contributed by atoms with E-state index in [1.165, 1.54) is 6.42 Å². The summed E-state index contributed by atoms with van der Waals surface area (Å²) in [5.41, 5.74) is 0.500. The zero-order valence-electron chi connectivity index (χ0n) is 17.3. The molecule has 2 saturated heterocycles. The number of aromatic nitrogens is 2. The van der Waals surface area contributed by atoms with Gasteiger partial charge in [0.25, 0.3) is 5.91 Å². The third kappa shape index (κ3) is 3.40. The number of morpholine rings is 1. The molecular formula is C22H30N4O3. The van der Waals surface area contributed by atoms with Crippen LogP contribution in [0.1, 0.15) is 36.6 Å². The molecule has 156 valence electrons. The minimum Gasteiger partial charge on any atom is -0.454 e. The first-order valence-electron chi connectivity index (χ1n) is 10.6. The van der Waals surface area contributed by atoms with Gasteiger partial charge in [-0.25, -0.2) is 4.98 Å². The predicted octanol–water partition coefficient (Wildman–Crippen LogP) is 2.34. The smallest absolute Gasteiger partial charge is 0.289 e. The summed E-state index contributed by atoms with van der Waals surface area (Å²) >= 11 is 0. The molecule has 3 fully saturated rings. The Morgan fingerprint density at radius 2 is 2.10 bits per heavy atom. The van der Waals surface area contributed by atoms with E-state index in [4.69, 9.17) is 9.15 Å². The van der Waals surface area contributed by atoms with Crippen molar-refractivity contribution >= 4 is 5.91 Å². The minimum absolute atomic E-state index is 0.0217. The van der Waals surface area contributed by atoms with Gasteiger partial charge < -0.3 is 18.6 Å². The SMILES string of the molecule is CC1(C)C[C@]2(CN3CCOCC3)CN(C(=O)c3ccc(Cn4ccnc4)o3)C[C@H]12. The molecule has 1 amide bonds. The van der Waals surface area contributed by atoms with Crippen LogP contribution in [0.3, 0.4) is 0 Å². The van der Waals surface area contributed by atoms with E-state index in [1.807, 2.05) is 27.8 Å². The fourth-order valence-electron chi connectivity index (χ4n) is 5.99. The monoisotopic (exact) mass is 398 g/mol. The third-order valence-electron chi connectivity index (χ3n) is 7.10. The van der Waals surface area contributed by atoms with Crippen LogP contribution in [0.5, 0.6) is 0 Å². The van der Waals surface area contributed by atoms with Gasteiger partial charge in [-0.05, 0) is 29.9 Å². The highest BCUT2D eigenvalue weighted by Crippen LogP contribution is 2.63. The second-order valence-electron chi connectivity index (χ2n) is 9.66. The Kier molecular flexibility index (Phi) is 4.55. The van der Waals surface area contributed by atoms with Crippen LogP contribution in [0, 0.1) is 16.7 Å². The molecule has 29 heavy (non-hydrogen) atoms. The number of imidazole rings is 1. The molecule has 1 saturated carbocycles. The summed E-state index contributed by atoms with van der Waals surface area (Å²) in [6.45, 7) is 11.6. The van der Waals surface area contributed by atoms with E-state index in [-0.39, 0.29) is 16.7 Å². The summed E-state index contributed by atoms with van der Waals surface area (Å²) in [7, 11) is 0. The summed E-state index contributed by atoms with van der Waals surface area (Å²) in [5, 5.41) is 0. The number of likely N-dealkylation sites (tertiary alicyclic amines) is 1. The van der Waals surface area contributed by atoms with Crippen molar-refractivity contribution in [2.24, 2.45) is 16.7 Å². The Labute approximate surface area is 171 Å². The van der Waals surface area contributed by atoms with Crippen molar-refractivity contribution < 1.29 is 13.9 Å². The highest BCUT2D eigenvalue weighted by Gasteiger charge is 2.63. The first kappa shape index (κ1) is 18.9. The molecule has 2 aliphatic heterocycles. The van der Waals surface area contributed by atoms with Gasteiger partial charge in [0.2, 0.25) is 0 Å². The minimum atomic E-state index is 0.0217. The normalized spacial score (nSPS) is 28.9. The fraction of sp³-hybridized carbons (Fsp3) is 0.636. The number of hydrogen-bond donors (Lipinski definition) is 0. The molecule has 2 aromatic heterocycles. The molecule has 5 rings (SSSR count). The van der Waals surface area contributed by atoms with Crippen LogP contribution in [-0.4, -0.2) is 71.2 Å². The molecule has 0 N–H and O–H groups in total. The zero-order valence-corrected chi connectivity index (χ0v) is 17.3. The van der Waals surface area contributed by atoms with Gasteiger partial charge in [-0.1, -0.05) is 13.8 Å². The Hall–Kier alpha value is -2.12. The van der Waals surface area contributed by atoms with Crippen LogP contribution in [-0.2, 0) is 11.3 Å². The summed E-state index contributed by atoms with van der Waals surface area (Å²) in [4.78, 5) is 21.8. The Bertz CT molecular complexity index is 869. The zero-order chi connectivity index (χ0) is 20.1. The number of ether oxygens (including phenoxy) is 1. The fourth-order valence-corrected chi connectivity index (χ4v) is 5.99. The lowest BCUT2D eigenvalue weighted by Gasteiger charge is -2.58. The van der Waals surface area contributed by atoms with Gasteiger partial charge in [0.05, 0.1) is 26.1 Å². The lowest BCUT2D eigenvalue weighted by atomic mass is 9.48. The van der Waals surface area contributed by atoms with Crippen molar-refractivity contribution in [1.82, 2.24) is 19.4 Å². The van der Waals surface area contributed by atoms with Crippen molar-refractivity contribution in [2.45, 2.75) is 26.8 Å². The summed E-state index contributed by atoms with van der Waals surface area (Å²) in [6.07, 6.45) is 6.56. The second-order valence-corrected chi connectivity index (χ2v) is 9.66. The Morgan fingerprint density at radius 3 is 2.83 bits per heavy atom. The van der Waals surface area contributed by atoms with Crippen molar-refractivity contribution in [3.8, 4) is 0 Å². The van der Waals surface area contributed by atoms with Crippen LogP contribution in [0.4, 0.5) is 0 Å². The van der Waals surface area contributed by atoms with Gasteiger partial charge >= 0.3 is 0 Å². The Morgan fingerprint density at radius 1 is 1.28 bits per heavy atom. The summed E-state index contributed by atoms with van der Waals surface area (Å²) in [5.74, 6) is 1.79. The first-order valence-corrected chi connectivity index (χ1v) is 10.6. The number of carbonyl (C=O) groups excluding carboxylic acids is 1. The molecule has 2 atom stereocenters. The molecule has 1 aliphatic carbocycles. The van der Waals surface area contributed by atoms with Gasteiger partial charge in [0, 0.05) is 50.5 Å². The maximum atomic E-state index is 13.2. The number of hydrogen-bond acceptors (Lipinski definition) is 5. The largest absolute Gasteiger partial charge is 0.454 e. The van der Waals surface area contributed by atoms with Crippen LogP contribution >= 0.6 is 0 Å². The van der Waals surface area contributed by atoms with Crippen LogP contribution < -0.4 is 0 Å². The Balaban J connectivity index is 1.29. The molecule has 3 aliphatic rings. The molecule has 7 nitrogen and oxygen atoms in total. The maximum absolute atomic E-state index is 13.2. The number of furan rings is 1. The molecule has 0 aromatic carbocycles. The molecule has 0 spiro atoms. The van der Waals surface area contributed by atoms with E-state index < -0.39 is 0 Å². The highest BCUT2D eigenvalue weighted by molar-refractivity contribution is 5.92. The third-order valence-corrected chi connectivity index (χ3v) is 7.10. The number of fused-ring (bicyclic) bond motifs is 1. The average Bonchev–Trinajstić information content (AvgIpc) is 3.42. The molecule has 0 radical (unpaired) electrons. The highest BCUT2D eigenvalue weighted by atomic mass is 16.5. The number of rotatable bonds is 5. The lowest BCUT2D eigenvalue weighted by Crippen LogP contribution is -2.59. The summed E-state index contributed by atoms with van der Waals surface area (Å²) in [6, 6.07) is 3.71. The van der Waals surface area contributed by atoms with E-state index in [0.717, 1.165) is 51.7 Å². The van der Waals surface area contributed by atoms with E-state index in [0.29, 0.717) is 18.2 Å². The summed E-state index contributed by atoms with van der Waals surface area (Å²) < 4.78 is 13.3. The predicted molar refractivity (Wildman–Crippen MR) is 108 cm³/mol. The van der Waals surface area contributed by atoms with Crippen molar-refractivity contribution in [1.29, 1.82) is 0 Å². The second kappa shape index (κ2) is 6.99. The lowest BCUT2D eigenvalue weighted by molar-refractivity contribution is -0.0966. The number of nitrogens with zero attached hydrogens (tertiary/aromatic N) is 4. The van der Waals surface area contributed by atoms with Crippen LogP contribution in [0.2, 0.25) is 0 Å². The van der Waals surface area contributed by atoms with Gasteiger partial charge in [0.15, 0.2) is 5.76 Å². The van der Waals surface area contributed by atoms with Crippen LogP contribution in [0.15, 0.2) is 35.3 Å². The number of amides is 1. The standard InChI is InChI=1S/C22H30N4O3/c1-21(2)13-22(14-24-7-9-28-10-8-24)15-26(12-19(21)22)20(27)18-4-3-17(29-18)11-25-6-5-23-16-25/h3-6,16,19H,7-15H2,1-2H3/t19-,22+/m1/s1. The molecule has 4 heterocycles. The van der Waals surface area contributed by atoms with Crippen molar-refractivity contribution in [3.63, 3.8) is 0 Å². The van der Waals surface area contributed by atoms with Gasteiger partial charge in [-0.15, -0.1) is 0 Å². The molecule has 2 aromatic rings. The van der Waals surface area contributed by atoms with Crippen molar-refractivity contribution in [2.75, 3.05) is 45.9 Å². The van der Waals surface area contributed by atoms with Gasteiger partial charge in [-0.2, -0.15) is 0 Å². The van der Waals surface area contributed by atoms with E-state index in [9.17, 15) is 4.79 Å². The van der Waals surface area contributed by atoms with E-state index in [1.54, 1.807) is 12.5 Å². The first-order chi connectivity index (χ1) is 14.0. The molecule has 0 bridgehead atoms. The topological polar surface area (TPSA) is 63.7 Å². The van der Waals surface area contributed by atoms with Crippen LogP contribution in [0.25, 0.3) is 0 Å². The molecular weight excluding hydrogens is 368 g/mol. The molecule has 0 unspecified atom stereocenters.